The fourth-order valence-corrected chi connectivity index (χ4v) is 5.54. The number of thiazole rings is 1. The summed E-state index contributed by atoms with van der Waals surface area (Å²) in [5.41, 5.74) is 3.39. The molecule has 2 bridgehead atoms. The largest absolute Gasteiger partial charge is 0.407 e. The van der Waals surface area contributed by atoms with Crippen molar-refractivity contribution in [3.63, 3.8) is 0 Å². The lowest BCUT2D eigenvalue weighted by Gasteiger charge is -2.11. The van der Waals surface area contributed by atoms with Crippen molar-refractivity contribution < 1.29 is 4.42 Å². The van der Waals surface area contributed by atoms with Crippen molar-refractivity contribution in [1.29, 1.82) is 0 Å². The van der Waals surface area contributed by atoms with Crippen LogP contribution in [0.15, 0.2) is 39.7 Å². The van der Waals surface area contributed by atoms with Gasteiger partial charge in [0.2, 0.25) is 5.89 Å². The first kappa shape index (κ1) is 16.7. The summed E-state index contributed by atoms with van der Waals surface area (Å²) in [5, 5.41) is 8.95. The van der Waals surface area contributed by atoms with E-state index in [1.807, 2.05) is 12.1 Å². The molecule has 0 N–H and O–H groups in total. The third-order valence-electron chi connectivity index (χ3n) is 4.51. The van der Waals surface area contributed by atoms with Crippen LogP contribution in [-0.4, -0.2) is 33.7 Å². The zero-order valence-corrected chi connectivity index (χ0v) is 16.6. The number of para-hydroxylation sites is 1. The number of rotatable bonds is 2. The number of aryl methyl sites for hydroxylation is 1. The van der Waals surface area contributed by atoms with Gasteiger partial charge in [-0.3, -0.25) is 0 Å². The predicted molar refractivity (Wildman–Crippen MR) is 107 cm³/mol. The molecule has 136 valence electrons. The molecule has 1 aromatic carbocycles. The van der Waals surface area contributed by atoms with Crippen molar-refractivity contribution in [2.75, 3.05) is 13.6 Å². The summed E-state index contributed by atoms with van der Waals surface area (Å²) in [6.45, 7) is 3.70. The van der Waals surface area contributed by atoms with Gasteiger partial charge in [-0.25, -0.2) is 4.98 Å². The normalized spacial score (nSPS) is 15.4. The molecule has 3 aromatic heterocycles. The van der Waals surface area contributed by atoms with Crippen LogP contribution in [0.1, 0.15) is 16.3 Å². The highest BCUT2D eigenvalue weighted by Crippen LogP contribution is 2.33. The van der Waals surface area contributed by atoms with E-state index in [1.165, 1.54) is 15.1 Å². The van der Waals surface area contributed by atoms with Crippen LogP contribution in [0, 0.1) is 6.92 Å². The molecular formula is C19H17N5OS2. The SMILES string of the molecule is Cc1nnc(N=c2sc3cc(c2-c2nc4ccccc4s2)CCN(C)C3)o1. The zero-order valence-electron chi connectivity index (χ0n) is 15.0. The Bertz CT molecular complexity index is 1170. The zero-order chi connectivity index (χ0) is 18.4. The van der Waals surface area contributed by atoms with Gasteiger partial charge in [-0.05, 0) is 37.2 Å². The molecule has 0 saturated heterocycles. The Morgan fingerprint density at radius 2 is 2.07 bits per heavy atom. The fraction of sp³-hybridized carbons (Fsp3) is 0.263. The second-order valence-electron chi connectivity index (χ2n) is 6.61. The molecule has 0 spiro atoms. The maximum absolute atomic E-state index is 5.51. The van der Waals surface area contributed by atoms with Gasteiger partial charge in [0.25, 0.3) is 0 Å². The average molecular weight is 396 g/mol. The van der Waals surface area contributed by atoms with E-state index in [1.54, 1.807) is 29.6 Å². The van der Waals surface area contributed by atoms with E-state index in [2.05, 4.69) is 40.3 Å². The van der Waals surface area contributed by atoms with E-state index in [0.717, 1.165) is 40.3 Å². The summed E-state index contributed by atoms with van der Waals surface area (Å²) in [6.07, 6.45) is 0.966. The molecule has 0 radical (unpaired) electrons. The highest BCUT2D eigenvalue weighted by Gasteiger charge is 2.19. The van der Waals surface area contributed by atoms with Crippen molar-refractivity contribution in [1.82, 2.24) is 20.1 Å². The molecule has 27 heavy (non-hydrogen) atoms. The van der Waals surface area contributed by atoms with Gasteiger partial charge in [-0.15, -0.1) is 27.8 Å². The average Bonchev–Trinajstić information content (AvgIpc) is 3.21. The summed E-state index contributed by atoms with van der Waals surface area (Å²) in [7, 11) is 2.15. The molecule has 0 atom stereocenters. The predicted octanol–water partition coefficient (Wildman–Crippen LogP) is 3.94. The van der Waals surface area contributed by atoms with E-state index in [0.29, 0.717) is 11.9 Å². The summed E-state index contributed by atoms with van der Waals surface area (Å²) in [4.78, 5) is 13.2. The maximum atomic E-state index is 5.51. The topological polar surface area (TPSA) is 67.4 Å². The van der Waals surface area contributed by atoms with Crippen molar-refractivity contribution in [3.8, 4) is 10.6 Å². The van der Waals surface area contributed by atoms with E-state index >= 15 is 0 Å². The molecule has 5 rings (SSSR count). The Labute approximate surface area is 163 Å². The van der Waals surface area contributed by atoms with E-state index < -0.39 is 0 Å². The van der Waals surface area contributed by atoms with Crippen LogP contribution in [0.25, 0.3) is 20.8 Å². The van der Waals surface area contributed by atoms with Crippen LogP contribution in [0.5, 0.6) is 0 Å². The molecule has 0 fully saturated rings. The minimum absolute atomic E-state index is 0.293. The van der Waals surface area contributed by atoms with Crippen LogP contribution < -0.4 is 4.67 Å². The summed E-state index contributed by atoms with van der Waals surface area (Å²) in [6, 6.07) is 10.8. The number of likely N-dealkylation sites (N-methyl/N-ethyl adjacent to an activating group) is 1. The first-order valence-corrected chi connectivity index (χ1v) is 10.3. The third kappa shape index (κ3) is 3.20. The van der Waals surface area contributed by atoms with Gasteiger partial charge in [0.05, 0.1) is 10.2 Å². The van der Waals surface area contributed by atoms with Crippen LogP contribution in [0.4, 0.5) is 6.01 Å². The highest BCUT2D eigenvalue weighted by molar-refractivity contribution is 7.21. The molecule has 0 unspecified atom stereocenters. The van der Waals surface area contributed by atoms with E-state index in [9.17, 15) is 0 Å². The van der Waals surface area contributed by atoms with Crippen molar-refractivity contribution >= 4 is 38.9 Å². The molecule has 8 heteroatoms. The number of benzene rings is 1. The minimum atomic E-state index is 0.293. The van der Waals surface area contributed by atoms with Crippen LogP contribution >= 0.6 is 22.7 Å². The third-order valence-corrected chi connectivity index (χ3v) is 6.56. The Hall–Kier alpha value is -2.42. The molecule has 4 aromatic rings. The smallest absolute Gasteiger partial charge is 0.343 e. The quantitative estimate of drug-likeness (QED) is 0.514. The highest BCUT2D eigenvalue weighted by atomic mass is 32.1. The molecule has 0 aliphatic carbocycles. The number of aromatic nitrogens is 3. The molecule has 6 nitrogen and oxygen atoms in total. The van der Waals surface area contributed by atoms with Gasteiger partial charge in [-0.1, -0.05) is 17.2 Å². The Balaban J connectivity index is 1.78. The minimum Gasteiger partial charge on any atom is -0.407 e. The van der Waals surface area contributed by atoms with Crippen LogP contribution in [-0.2, 0) is 13.0 Å². The van der Waals surface area contributed by atoms with Crippen molar-refractivity contribution in [2.24, 2.45) is 4.99 Å². The monoisotopic (exact) mass is 395 g/mol. The summed E-state index contributed by atoms with van der Waals surface area (Å²) in [5.74, 6) is 0.515. The number of fused-ring (bicyclic) bond motifs is 3. The Morgan fingerprint density at radius 1 is 1.19 bits per heavy atom. The van der Waals surface area contributed by atoms with Gasteiger partial charge in [-0.2, -0.15) is 4.99 Å². The lowest BCUT2D eigenvalue weighted by molar-refractivity contribution is 0.339. The number of hydrogen-bond donors (Lipinski definition) is 0. The number of nitrogens with zero attached hydrogens (tertiary/aromatic N) is 5. The molecule has 0 amide bonds. The van der Waals surface area contributed by atoms with E-state index in [4.69, 9.17) is 14.4 Å². The van der Waals surface area contributed by atoms with Gasteiger partial charge < -0.3 is 9.32 Å². The van der Waals surface area contributed by atoms with Gasteiger partial charge in [0, 0.05) is 30.5 Å². The van der Waals surface area contributed by atoms with Gasteiger partial charge in [0.1, 0.15) is 9.68 Å². The first-order chi connectivity index (χ1) is 13.2. The molecule has 1 aliphatic heterocycles. The molecule has 1 aliphatic rings. The lowest BCUT2D eigenvalue weighted by atomic mass is 10.1. The maximum Gasteiger partial charge on any atom is 0.343 e. The summed E-state index contributed by atoms with van der Waals surface area (Å²) < 4.78 is 7.58. The van der Waals surface area contributed by atoms with Crippen molar-refractivity contribution in [3.05, 3.63) is 51.3 Å². The Morgan fingerprint density at radius 3 is 2.89 bits per heavy atom. The first-order valence-electron chi connectivity index (χ1n) is 8.71. The van der Waals surface area contributed by atoms with Gasteiger partial charge >= 0.3 is 6.01 Å². The number of hydrogen-bond acceptors (Lipinski definition) is 8. The standard InChI is InChI=1S/C19H17N5OS2/c1-11-22-23-19(25-11)21-18-16(12-7-8-24(2)10-13(9-12)26-18)17-20-14-5-3-4-6-15(14)27-17/h3-6,9H,7-8,10H2,1-2H3. The molecular weight excluding hydrogens is 378 g/mol. The molecule has 0 saturated carbocycles. The fourth-order valence-electron chi connectivity index (χ4n) is 3.24. The van der Waals surface area contributed by atoms with Crippen LogP contribution in [0.3, 0.4) is 0 Å². The lowest BCUT2D eigenvalue weighted by Crippen LogP contribution is -2.17. The van der Waals surface area contributed by atoms with Crippen molar-refractivity contribution in [2.45, 2.75) is 19.9 Å². The van der Waals surface area contributed by atoms with E-state index in [-0.39, 0.29) is 0 Å². The Kier molecular flexibility index (Phi) is 4.11. The molecule has 4 heterocycles. The summed E-state index contributed by atoms with van der Waals surface area (Å²) >= 11 is 3.37. The second kappa shape index (κ2) is 6.63. The second-order valence-corrected chi connectivity index (χ2v) is 8.75. The van der Waals surface area contributed by atoms with Gasteiger partial charge in [0.15, 0.2) is 0 Å². The van der Waals surface area contributed by atoms with Crippen LogP contribution in [0.2, 0.25) is 0 Å².